The molecule has 112 valence electrons. The van der Waals surface area contributed by atoms with Crippen molar-refractivity contribution in [3.05, 3.63) is 54.9 Å². The van der Waals surface area contributed by atoms with Gasteiger partial charge in [-0.05, 0) is 49.1 Å². The third-order valence-corrected chi connectivity index (χ3v) is 3.73. The van der Waals surface area contributed by atoms with Crippen LogP contribution in [0.3, 0.4) is 0 Å². The van der Waals surface area contributed by atoms with Gasteiger partial charge in [0.15, 0.2) is 5.76 Å². The maximum absolute atomic E-state index is 5.33. The molecule has 3 heteroatoms. The summed E-state index contributed by atoms with van der Waals surface area (Å²) in [4.78, 5) is 4.43. The standard InChI is InChI=1S/C18H24N2O/c1-3-6-15(4-2)10-11-19-13-16-8-9-17(20-14-16)18-7-5-12-21-18/h3,5,7-9,12,14-15,19H,1,4,6,10-11,13H2,2H3. The van der Waals surface area contributed by atoms with Crippen molar-refractivity contribution in [2.75, 3.05) is 6.54 Å². The molecule has 0 aliphatic heterocycles. The molecule has 1 unspecified atom stereocenters. The number of nitrogens with one attached hydrogen (secondary N) is 1. The molecule has 0 fully saturated rings. The molecule has 0 amide bonds. The molecule has 1 N–H and O–H groups in total. The van der Waals surface area contributed by atoms with Crippen molar-refractivity contribution in [1.82, 2.24) is 10.3 Å². The number of pyridine rings is 1. The molecular weight excluding hydrogens is 260 g/mol. The van der Waals surface area contributed by atoms with Crippen LogP contribution in [0.5, 0.6) is 0 Å². The first kappa shape index (κ1) is 15.5. The molecular formula is C18H24N2O. The smallest absolute Gasteiger partial charge is 0.152 e. The maximum Gasteiger partial charge on any atom is 0.152 e. The van der Waals surface area contributed by atoms with E-state index in [9.17, 15) is 0 Å². The second-order valence-corrected chi connectivity index (χ2v) is 5.29. The van der Waals surface area contributed by atoms with E-state index in [-0.39, 0.29) is 0 Å². The van der Waals surface area contributed by atoms with Gasteiger partial charge in [-0.2, -0.15) is 0 Å². The number of hydrogen-bond donors (Lipinski definition) is 1. The Kier molecular flexibility index (Phi) is 6.22. The lowest BCUT2D eigenvalue weighted by atomic mass is 9.98. The monoisotopic (exact) mass is 284 g/mol. The van der Waals surface area contributed by atoms with Crippen LogP contribution in [-0.2, 0) is 6.54 Å². The van der Waals surface area contributed by atoms with Gasteiger partial charge in [0.05, 0.1) is 6.26 Å². The average Bonchev–Trinajstić information content (AvgIpc) is 3.05. The van der Waals surface area contributed by atoms with Crippen LogP contribution in [0.4, 0.5) is 0 Å². The van der Waals surface area contributed by atoms with E-state index in [1.54, 1.807) is 6.26 Å². The van der Waals surface area contributed by atoms with Crippen LogP contribution in [0.1, 0.15) is 31.7 Å². The molecule has 0 bridgehead atoms. The van der Waals surface area contributed by atoms with Crippen molar-refractivity contribution in [2.45, 2.75) is 32.7 Å². The second-order valence-electron chi connectivity index (χ2n) is 5.29. The highest BCUT2D eigenvalue weighted by Crippen LogP contribution is 2.17. The Balaban J connectivity index is 1.75. The highest BCUT2D eigenvalue weighted by molar-refractivity contribution is 5.51. The summed E-state index contributed by atoms with van der Waals surface area (Å²) in [6.07, 6.45) is 9.11. The Bertz CT molecular complexity index is 517. The molecule has 0 aliphatic carbocycles. The lowest BCUT2D eigenvalue weighted by molar-refractivity contribution is 0.455. The number of nitrogens with zero attached hydrogens (tertiary/aromatic N) is 1. The Hall–Kier alpha value is -1.87. The summed E-state index contributed by atoms with van der Waals surface area (Å²) in [6.45, 7) is 7.95. The van der Waals surface area contributed by atoms with Crippen LogP contribution >= 0.6 is 0 Å². The Morgan fingerprint density at radius 3 is 2.90 bits per heavy atom. The highest BCUT2D eigenvalue weighted by atomic mass is 16.3. The maximum atomic E-state index is 5.33. The third-order valence-electron chi connectivity index (χ3n) is 3.73. The number of furan rings is 1. The van der Waals surface area contributed by atoms with Gasteiger partial charge in [-0.1, -0.05) is 25.5 Å². The van der Waals surface area contributed by atoms with E-state index in [1.165, 1.54) is 18.4 Å². The van der Waals surface area contributed by atoms with Crippen molar-refractivity contribution >= 4 is 0 Å². The van der Waals surface area contributed by atoms with E-state index in [0.29, 0.717) is 0 Å². The highest BCUT2D eigenvalue weighted by Gasteiger charge is 2.04. The van der Waals surface area contributed by atoms with Gasteiger partial charge in [0.2, 0.25) is 0 Å². The van der Waals surface area contributed by atoms with Gasteiger partial charge in [-0.15, -0.1) is 6.58 Å². The summed E-state index contributed by atoms with van der Waals surface area (Å²) < 4.78 is 5.33. The largest absolute Gasteiger partial charge is 0.463 e. The van der Waals surface area contributed by atoms with Crippen LogP contribution in [-0.4, -0.2) is 11.5 Å². The van der Waals surface area contributed by atoms with Gasteiger partial charge in [0, 0.05) is 12.7 Å². The second kappa shape index (κ2) is 8.42. The van der Waals surface area contributed by atoms with Gasteiger partial charge in [-0.25, -0.2) is 0 Å². The molecule has 0 saturated heterocycles. The van der Waals surface area contributed by atoms with Gasteiger partial charge in [0.1, 0.15) is 5.69 Å². The van der Waals surface area contributed by atoms with Gasteiger partial charge in [0.25, 0.3) is 0 Å². The molecule has 0 saturated carbocycles. The first-order chi connectivity index (χ1) is 10.3. The Morgan fingerprint density at radius 2 is 2.29 bits per heavy atom. The molecule has 2 aromatic rings. The van der Waals surface area contributed by atoms with Crippen molar-refractivity contribution in [2.24, 2.45) is 5.92 Å². The summed E-state index contributed by atoms with van der Waals surface area (Å²) >= 11 is 0. The Morgan fingerprint density at radius 1 is 1.38 bits per heavy atom. The fourth-order valence-corrected chi connectivity index (χ4v) is 2.36. The predicted molar refractivity (Wildman–Crippen MR) is 86.9 cm³/mol. The quantitative estimate of drug-likeness (QED) is 0.547. The van der Waals surface area contributed by atoms with Gasteiger partial charge in [-0.3, -0.25) is 4.98 Å². The van der Waals surface area contributed by atoms with Crippen LogP contribution in [0.25, 0.3) is 11.5 Å². The molecule has 0 aromatic carbocycles. The molecule has 3 nitrogen and oxygen atoms in total. The number of rotatable bonds is 9. The van der Waals surface area contributed by atoms with E-state index in [4.69, 9.17) is 4.42 Å². The van der Waals surface area contributed by atoms with Crippen molar-refractivity contribution < 1.29 is 4.42 Å². The molecule has 2 heterocycles. The number of aromatic nitrogens is 1. The van der Waals surface area contributed by atoms with E-state index in [1.807, 2.05) is 30.5 Å². The zero-order valence-electron chi connectivity index (χ0n) is 12.7. The summed E-state index contributed by atoms with van der Waals surface area (Å²) in [5.41, 5.74) is 2.07. The van der Waals surface area contributed by atoms with Gasteiger partial charge >= 0.3 is 0 Å². The fraction of sp³-hybridized carbons (Fsp3) is 0.389. The molecule has 0 spiro atoms. The molecule has 0 radical (unpaired) electrons. The number of allylic oxidation sites excluding steroid dienone is 1. The van der Waals surface area contributed by atoms with Crippen molar-refractivity contribution in [3.63, 3.8) is 0 Å². The van der Waals surface area contributed by atoms with Crippen LogP contribution in [0, 0.1) is 5.92 Å². The minimum atomic E-state index is 0.745. The minimum Gasteiger partial charge on any atom is -0.463 e. The van der Waals surface area contributed by atoms with E-state index in [2.05, 4.69) is 29.9 Å². The Labute approximate surface area is 127 Å². The predicted octanol–water partition coefficient (Wildman–Crippen LogP) is 4.42. The number of hydrogen-bond acceptors (Lipinski definition) is 3. The lowest BCUT2D eigenvalue weighted by Crippen LogP contribution is -2.17. The average molecular weight is 284 g/mol. The van der Waals surface area contributed by atoms with Crippen molar-refractivity contribution in [1.29, 1.82) is 0 Å². The third kappa shape index (κ3) is 4.87. The van der Waals surface area contributed by atoms with Crippen LogP contribution < -0.4 is 5.32 Å². The molecule has 2 aromatic heterocycles. The summed E-state index contributed by atoms with van der Waals surface area (Å²) in [7, 11) is 0. The minimum absolute atomic E-state index is 0.745. The molecule has 0 aliphatic rings. The normalized spacial score (nSPS) is 12.2. The molecule has 2 rings (SSSR count). The van der Waals surface area contributed by atoms with E-state index >= 15 is 0 Å². The first-order valence-electron chi connectivity index (χ1n) is 7.64. The molecule has 21 heavy (non-hydrogen) atoms. The van der Waals surface area contributed by atoms with Gasteiger partial charge < -0.3 is 9.73 Å². The first-order valence-corrected chi connectivity index (χ1v) is 7.64. The fourth-order valence-electron chi connectivity index (χ4n) is 2.36. The lowest BCUT2D eigenvalue weighted by Gasteiger charge is -2.12. The molecule has 1 atom stereocenters. The van der Waals surface area contributed by atoms with Crippen LogP contribution in [0.15, 0.2) is 53.8 Å². The van der Waals surface area contributed by atoms with E-state index < -0.39 is 0 Å². The summed E-state index contributed by atoms with van der Waals surface area (Å²) in [5.74, 6) is 1.55. The topological polar surface area (TPSA) is 38.1 Å². The van der Waals surface area contributed by atoms with Crippen molar-refractivity contribution in [3.8, 4) is 11.5 Å². The van der Waals surface area contributed by atoms with Crippen LogP contribution in [0.2, 0.25) is 0 Å². The zero-order valence-corrected chi connectivity index (χ0v) is 12.7. The SMILES string of the molecule is C=CCC(CC)CCNCc1ccc(-c2ccco2)nc1. The van der Waals surface area contributed by atoms with E-state index in [0.717, 1.165) is 36.9 Å². The summed E-state index contributed by atoms with van der Waals surface area (Å²) in [5, 5.41) is 3.48. The zero-order chi connectivity index (χ0) is 14.9. The summed E-state index contributed by atoms with van der Waals surface area (Å²) in [6, 6.07) is 7.89.